The molecule has 0 bridgehead atoms. The molecule has 0 radical (unpaired) electrons. The van der Waals surface area contributed by atoms with Crippen LogP contribution in [0.1, 0.15) is 5.69 Å². The summed E-state index contributed by atoms with van der Waals surface area (Å²) >= 11 is 0. The molecule has 0 spiro atoms. The Balaban J connectivity index is 1.53. The van der Waals surface area contributed by atoms with Crippen LogP contribution in [0.5, 0.6) is 0 Å². The zero-order chi connectivity index (χ0) is 26.8. The molecule has 190 valence electrons. The average molecular weight is 524 g/mol. The molecule has 0 aliphatic carbocycles. The third-order valence-electron chi connectivity index (χ3n) is 8.81. The highest BCUT2D eigenvalue weighted by molar-refractivity contribution is 6.38. The fourth-order valence-corrected chi connectivity index (χ4v) is 7.19. The van der Waals surface area contributed by atoms with Crippen LogP contribution in [-0.4, -0.2) is 23.9 Å². The first-order chi connectivity index (χ1) is 20.3. The van der Waals surface area contributed by atoms with Crippen molar-refractivity contribution in [2.75, 3.05) is 0 Å². The van der Waals surface area contributed by atoms with Crippen molar-refractivity contribution in [3.05, 3.63) is 115 Å². The number of hydrogen-bond donors (Lipinski definition) is 0. The Morgan fingerprint density at radius 1 is 0.561 bits per heavy atom. The molecule has 5 heterocycles. The number of benzene rings is 5. The summed E-state index contributed by atoms with van der Waals surface area (Å²) in [6.07, 6.45) is 1.80. The second kappa shape index (κ2) is 7.34. The summed E-state index contributed by atoms with van der Waals surface area (Å²) in [5.74, 6) is 0.667. The van der Waals surface area contributed by atoms with E-state index in [-0.39, 0.29) is 0 Å². The lowest BCUT2D eigenvalue weighted by Crippen LogP contribution is -2.03. The maximum atomic E-state index is 5.06. The highest BCUT2D eigenvalue weighted by Crippen LogP contribution is 2.47. The second-order valence-corrected chi connectivity index (χ2v) is 10.9. The molecule has 10 rings (SSSR count). The van der Waals surface area contributed by atoms with Crippen LogP contribution in [0.2, 0.25) is 0 Å². The number of pyridine rings is 1. The minimum Gasteiger partial charge on any atom is -0.308 e. The van der Waals surface area contributed by atoms with Crippen molar-refractivity contribution >= 4 is 81.7 Å². The SMILES string of the molecule is Cc1nc(-n2c3ccccc3c3c4c5c6ccccc6ccc5n5c6ccccc6c(cc32)c45)nc2cccnc12. The Hall–Kier alpha value is -5.55. The van der Waals surface area contributed by atoms with Gasteiger partial charge in [-0.05, 0) is 54.1 Å². The van der Waals surface area contributed by atoms with E-state index >= 15 is 0 Å². The molecule has 41 heavy (non-hydrogen) atoms. The Bertz CT molecular complexity index is 2710. The quantitative estimate of drug-likeness (QED) is 0.216. The predicted octanol–water partition coefficient (Wildman–Crippen LogP) is 8.73. The van der Waals surface area contributed by atoms with Gasteiger partial charge in [0.15, 0.2) is 0 Å². The number of hydrogen-bond acceptors (Lipinski definition) is 3. The third kappa shape index (κ3) is 2.54. The topological polar surface area (TPSA) is 48.0 Å². The Morgan fingerprint density at radius 3 is 2.22 bits per heavy atom. The van der Waals surface area contributed by atoms with Gasteiger partial charge >= 0.3 is 0 Å². The molecule has 10 aromatic rings. The molecule has 5 aromatic carbocycles. The molecule has 0 atom stereocenters. The number of para-hydroxylation sites is 2. The average Bonchev–Trinajstić information content (AvgIpc) is 3.65. The summed E-state index contributed by atoms with van der Waals surface area (Å²) < 4.78 is 4.71. The van der Waals surface area contributed by atoms with E-state index in [1.54, 1.807) is 6.20 Å². The molecule has 0 saturated carbocycles. The number of aromatic nitrogens is 5. The minimum absolute atomic E-state index is 0.667. The van der Waals surface area contributed by atoms with Gasteiger partial charge in [0.25, 0.3) is 0 Å². The van der Waals surface area contributed by atoms with Crippen molar-refractivity contribution in [3.63, 3.8) is 0 Å². The Labute approximate surface area is 233 Å². The van der Waals surface area contributed by atoms with Gasteiger partial charge in [0.1, 0.15) is 5.52 Å². The van der Waals surface area contributed by atoms with Crippen molar-refractivity contribution < 1.29 is 0 Å². The van der Waals surface area contributed by atoms with Crippen LogP contribution in [0.25, 0.3) is 87.7 Å². The first kappa shape index (κ1) is 21.3. The van der Waals surface area contributed by atoms with Crippen LogP contribution in [-0.2, 0) is 0 Å². The van der Waals surface area contributed by atoms with Crippen molar-refractivity contribution in [3.8, 4) is 5.95 Å². The number of aryl methyl sites for hydroxylation is 1. The number of rotatable bonds is 1. The van der Waals surface area contributed by atoms with E-state index in [0.29, 0.717) is 5.95 Å². The molecule has 5 heteroatoms. The van der Waals surface area contributed by atoms with E-state index in [1.165, 1.54) is 59.6 Å². The lowest BCUT2D eigenvalue weighted by Gasteiger charge is -2.09. The zero-order valence-electron chi connectivity index (χ0n) is 22.1. The Kier molecular flexibility index (Phi) is 3.81. The van der Waals surface area contributed by atoms with E-state index in [2.05, 4.69) is 105 Å². The fourth-order valence-electron chi connectivity index (χ4n) is 7.19. The molecule has 5 aromatic heterocycles. The van der Waals surface area contributed by atoms with Crippen LogP contribution in [0.15, 0.2) is 109 Å². The maximum Gasteiger partial charge on any atom is 0.235 e. The van der Waals surface area contributed by atoms with Gasteiger partial charge < -0.3 is 4.40 Å². The van der Waals surface area contributed by atoms with Crippen molar-refractivity contribution in [2.45, 2.75) is 6.92 Å². The standard InChI is InChI=1S/C36H21N5/c1-20-34-26(13-8-18-37-34)39-36(38-20)41-28-15-7-5-12-24(28)32-30(41)19-25-23-11-4-6-14-27(23)40-29-17-16-21-9-2-3-10-22(21)31(29)33(32)35(25)40/h2-19H,1H3. The molecular formula is C36H21N5. The molecule has 0 aliphatic heterocycles. The van der Waals surface area contributed by atoms with E-state index in [9.17, 15) is 0 Å². The highest BCUT2D eigenvalue weighted by atomic mass is 15.2. The first-order valence-corrected chi connectivity index (χ1v) is 13.9. The van der Waals surface area contributed by atoms with Gasteiger partial charge in [-0.3, -0.25) is 9.55 Å². The number of fused-ring (bicyclic) bond motifs is 13. The van der Waals surface area contributed by atoms with Gasteiger partial charge in [0.2, 0.25) is 5.95 Å². The van der Waals surface area contributed by atoms with Crippen LogP contribution >= 0.6 is 0 Å². The second-order valence-electron chi connectivity index (χ2n) is 10.9. The van der Waals surface area contributed by atoms with Crippen molar-refractivity contribution in [1.82, 2.24) is 23.9 Å². The van der Waals surface area contributed by atoms with Gasteiger partial charge in [-0.1, -0.05) is 66.7 Å². The summed E-state index contributed by atoms with van der Waals surface area (Å²) in [5.41, 5.74) is 8.49. The molecule has 0 fully saturated rings. The van der Waals surface area contributed by atoms with Crippen molar-refractivity contribution in [1.29, 1.82) is 0 Å². The lowest BCUT2D eigenvalue weighted by molar-refractivity contribution is 0.984. The van der Waals surface area contributed by atoms with Gasteiger partial charge in [0, 0.05) is 38.5 Å². The third-order valence-corrected chi connectivity index (χ3v) is 8.81. The fraction of sp³-hybridized carbons (Fsp3) is 0.0278. The smallest absolute Gasteiger partial charge is 0.235 e. The van der Waals surface area contributed by atoms with E-state index in [4.69, 9.17) is 9.97 Å². The first-order valence-electron chi connectivity index (χ1n) is 13.9. The van der Waals surface area contributed by atoms with Crippen LogP contribution in [0, 0.1) is 6.92 Å². The summed E-state index contributed by atoms with van der Waals surface area (Å²) in [5, 5.41) is 10.0. The minimum atomic E-state index is 0.667. The van der Waals surface area contributed by atoms with Gasteiger partial charge in [-0.2, -0.15) is 0 Å². The highest BCUT2D eigenvalue weighted by Gasteiger charge is 2.25. The molecular weight excluding hydrogens is 502 g/mol. The van der Waals surface area contributed by atoms with Gasteiger partial charge in [-0.15, -0.1) is 0 Å². The summed E-state index contributed by atoms with van der Waals surface area (Å²) in [4.78, 5) is 14.6. The van der Waals surface area contributed by atoms with Crippen LogP contribution < -0.4 is 0 Å². The molecule has 0 amide bonds. The zero-order valence-corrected chi connectivity index (χ0v) is 22.1. The largest absolute Gasteiger partial charge is 0.308 e. The van der Waals surface area contributed by atoms with Crippen LogP contribution in [0.3, 0.4) is 0 Å². The van der Waals surface area contributed by atoms with E-state index in [0.717, 1.165) is 27.8 Å². The summed E-state index contributed by atoms with van der Waals surface area (Å²) in [6.45, 7) is 2.02. The summed E-state index contributed by atoms with van der Waals surface area (Å²) in [6, 6.07) is 37.0. The summed E-state index contributed by atoms with van der Waals surface area (Å²) in [7, 11) is 0. The molecule has 0 N–H and O–H groups in total. The van der Waals surface area contributed by atoms with Crippen molar-refractivity contribution in [2.24, 2.45) is 0 Å². The molecule has 0 aliphatic rings. The molecule has 0 saturated heterocycles. The van der Waals surface area contributed by atoms with E-state index < -0.39 is 0 Å². The van der Waals surface area contributed by atoms with Gasteiger partial charge in [-0.25, -0.2) is 9.97 Å². The Morgan fingerprint density at radius 2 is 1.32 bits per heavy atom. The predicted molar refractivity (Wildman–Crippen MR) is 169 cm³/mol. The molecule has 5 nitrogen and oxygen atoms in total. The monoisotopic (exact) mass is 523 g/mol. The maximum absolute atomic E-state index is 5.06. The van der Waals surface area contributed by atoms with Crippen LogP contribution in [0.4, 0.5) is 0 Å². The van der Waals surface area contributed by atoms with Gasteiger partial charge in [0.05, 0.1) is 38.8 Å². The van der Waals surface area contributed by atoms with E-state index in [1.807, 2.05) is 19.1 Å². The number of nitrogens with zero attached hydrogens (tertiary/aromatic N) is 5. The molecule has 0 unspecified atom stereocenters. The normalized spacial score (nSPS) is 12.5. The lowest BCUT2D eigenvalue weighted by atomic mass is 9.98.